The summed E-state index contributed by atoms with van der Waals surface area (Å²) in [5.74, 6) is -1.28. The van der Waals surface area contributed by atoms with Crippen molar-refractivity contribution in [2.24, 2.45) is 5.73 Å². The summed E-state index contributed by atoms with van der Waals surface area (Å²) in [5, 5.41) is 8.72. The molecule has 1 aliphatic rings. The highest BCUT2D eigenvalue weighted by Gasteiger charge is 2.20. The van der Waals surface area contributed by atoms with Gasteiger partial charge in [-0.25, -0.2) is 4.39 Å². The van der Waals surface area contributed by atoms with Gasteiger partial charge in [0.2, 0.25) is 0 Å². The molecule has 1 unspecified atom stereocenters. The fourth-order valence-electron chi connectivity index (χ4n) is 1.91. The number of nitrogens with two attached hydrogens (primary N) is 1. The molecule has 16 heavy (non-hydrogen) atoms. The monoisotopic (exact) mass is 221 g/mol. The van der Waals surface area contributed by atoms with E-state index in [4.69, 9.17) is 10.8 Å². The van der Waals surface area contributed by atoms with Crippen LogP contribution in [0.3, 0.4) is 0 Å². The van der Waals surface area contributed by atoms with Gasteiger partial charge in [0, 0.05) is 0 Å². The van der Waals surface area contributed by atoms with Crippen LogP contribution in [0.1, 0.15) is 17.5 Å². The van der Waals surface area contributed by atoms with E-state index in [2.05, 4.69) is 0 Å². The Morgan fingerprint density at radius 1 is 1.56 bits per heavy atom. The minimum atomic E-state index is -1.02. The van der Waals surface area contributed by atoms with Crippen molar-refractivity contribution in [2.75, 3.05) is 0 Å². The van der Waals surface area contributed by atoms with Gasteiger partial charge in [-0.15, -0.1) is 0 Å². The first-order valence-corrected chi connectivity index (χ1v) is 5.04. The van der Waals surface area contributed by atoms with E-state index in [0.717, 1.165) is 16.7 Å². The van der Waals surface area contributed by atoms with Gasteiger partial charge in [0.15, 0.2) is 0 Å². The van der Waals surface area contributed by atoms with Crippen molar-refractivity contribution < 1.29 is 14.3 Å². The summed E-state index contributed by atoms with van der Waals surface area (Å²) < 4.78 is 12.9. The second-order valence-electron chi connectivity index (χ2n) is 3.88. The summed E-state index contributed by atoms with van der Waals surface area (Å²) in [4.78, 5) is 10.6. The Kier molecular flexibility index (Phi) is 2.75. The van der Waals surface area contributed by atoms with Gasteiger partial charge in [0.25, 0.3) is 0 Å². The van der Waals surface area contributed by atoms with Crippen LogP contribution >= 0.6 is 0 Å². The van der Waals surface area contributed by atoms with Crippen LogP contribution in [0.5, 0.6) is 0 Å². The number of fused-ring (bicyclic) bond motifs is 1. The third kappa shape index (κ3) is 1.97. The zero-order chi connectivity index (χ0) is 11.7. The first kappa shape index (κ1) is 10.8. The molecule has 1 aromatic rings. The van der Waals surface area contributed by atoms with E-state index in [9.17, 15) is 9.18 Å². The number of carbonyl (C=O) groups is 1. The van der Waals surface area contributed by atoms with Crippen molar-refractivity contribution in [3.8, 4) is 0 Å². The van der Waals surface area contributed by atoms with Crippen LogP contribution in [0.15, 0.2) is 24.3 Å². The molecule has 0 fully saturated rings. The predicted molar refractivity (Wildman–Crippen MR) is 58.3 cm³/mol. The summed E-state index contributed by atoms with van der Waals surface area (Å²) in [6.45, 7) is 0. The number of rotatable bonds is 3. The topological polar surface area (TPSA) is 63.3 Å². The van der Waals surface area contributed by atoms with Gasteiger partial charge in [0.05, 0.1) is 0 Å². The summed E-state index contributed by atoms with van der Waals surface area (Å²) in [5.41, 5.74) is 8.17. The number of carboxylic acids is 1. The normalized spacial score (nSPS) is 15.5. The molecule has 0 bridgehead atoms. The zero-order valence-electron chi connectivity index (χ0n) is 8.61. The van der Waals surface area contributed by atoms with Crippen molar-refractivity contribution in [3.63, 3.8) is 0 Å². The molecule has 0 saturated heterocycles. The maximum atomic E-state index is 12.9. The largest absolute Gasteiger partial charge is 0.480 e. The summed E-state index contributed by atoms with van der Waals surface area (Å²) >= 11 is 0. The van der Waals surface area contributed by atoms with Crippen molar-refractivity contribution in [2.45, 2.75) is 18.9 Å². The highest BCUT2D eigenvalue weighted by Crippen LogP contribution is 2.30. The van der Waals surface area contributed by atoms with Gasteiger partial charge >= 0.3 is 5.97 Å². The van der Waals surface area contributed by atoms with Crippen LogP contribution in [-0.2, 0) is 11.2 Å². The quantitative estimate of drug-likeness (QED) is 0.814. The smallest absolute Gasteiger partial charge is 0.320 e. The van der Waals surface area contributed by atoms with Crippen molar-refractivity contribution in [1.82, 2.24) is 0 Å². The predicted octanol–water partition coefficient (Wildman–Crippen LogP) is 1.57. The molecule has 0 radical (unpaired) electrons. The van der Waals surface area contributed by atoms with E-state index >= 15 is 0 Å². The second kappa shape index (κ2) is 4.06. The number of aliphatic carboxylic acids is 1. The summed E-state index contributed by atoms with van der Waals surface area (Å²) in [6.07, 6.45) is 2.84. The van der Waals surface area contributed by atoms with Crippen LogP contribution in [0.2, 0.25) is 0 Å². The molecule has 3 nitrogen and oxygen atoms in total. The van der Waals surface area contributed by atoms with E-state index in [1.165, 1.54) is 12.1 Å². The molecule has 1 atom stereocenters. The first-order chi connectivity index (χ1) is 7.58. The number of hydrogen-bond donors (Lipinski definition) is 2. The van der Waals surface area contributed by atoms with Gasteiger partial charge in [-0.1, -0.05) is 12.1 Å². The molecular formula is C12H12FNO2. The number of halogens is 1. The highest BCUT2D eigenvalue weighted by atomic mass is 19.1. The molecule has 0 aromatic heterocycles. The van der Waals surface area contributed by atoms with Crippen LogP contribution in [-0.4, -0.2) is 17.1 Å². The average molecular weight is 221 g/mol. The van der Waals surface area contributed by atoms with Crippen LogP contribution in [0.25, 0.3) is 5.57 Å². The molecule has 1 aliphatic carbocycles. The lowest BCUT2D eigenvalue weighted by Gasteiger charge is -2.09. The van der Waals surface area contributed by atoms with Crippen LogP contribution < -0.4 is 5.73 Å². The molecular weight excluding hydrogens is 209 g/mol. The maximum Gasteiger partial charge on any atom is 0.320 e. The second-order valence-corrected chi connectivity index (χ2v) is 3.88. The molecule has 0 spiro atoms. The van der Waals surface area contributed by atoms with Crippen molar-refractivity contribution in [1.29, 1.82) is 0 Å². The lowest BCUT2D eigenvalue weighted by atomic mass is 10.00. The number of hydrogen-bond acceptors (Lipinski definition) is 2. The average Bonchev–Trinajstić information content (AvgIpc) is 2.60. The number of benzene rings is 1. The Morgan fingerprint density at radius 3 is 3.00 bits per heavy atom. The number of allylic oxidation sites excluding steroid dienone is 1. The van der Waals surface area contributed by atoms with Crippen molar-refractivity contribution >= 4 is 11.5 Å². The van der Waals surface area contributed by atoms with E-state index in [0.29, 0.717) is 6.42 Å². The summed E-state index contributed by atoms with van der Waals surface area (Å²) in [6, 6.07) is 3.63. The Hall–Kier alpha value is -1.68. The molecule has 84 valence electrons. The highest BCUT2D eigenvalue weighted by molar-refractivity contribution is 5.80. The Bertz CT molecular complexity index is 468. The first-order valence-electron chi connectivity index (χ1n) is 5.04. The van der Waals surface area contributed by atoms with Crippen LogP contribution in [0.4, 0.5) is 4.39 Å². The molecule has 1 aromatic carbocycles. The van der Waals surface area contributed by atoms with E-state index in [-0.39, 0.29) is 12.2 Å². The SMILES string of the molecule is NC(CC1=CCc2cc(F)ccc21)C(=O)O. The lowest BCUT2D eigenvalue weighted by Crippen LogP contribution is -2.30. The lowest BCUT2D eigenvalue weighted by molar-refractivity contribution is -0.138. The Morgan fingerprint density at radius 2 is 2.31 bits per heavy atom. The zero-order valence-corrected chi connectivity index (χ0v) is 8.61. The minimum Gasteiger partial charge on any atom is -0.480 e. The molecule has 2 rings (SSSR count). The molecule has 0 heterocycles. The molecule has 4 heteroatoms. The van der Waals surface area contributed by atoms with Gasteiger partial charge in [-0.2, -0.15) is 0 Å². The molecule has 0 saturated carbocycles. The Balaban J connectivity index is 2.20. The van der Waals surface area contributed by atoms with Gasteiger partial charge in [-0.3, -0.25) is 4.79 Å². The van der Waals surface area contributed by atoms with Gasteiger partial charge < -0.3 is 10.8 Å². The summed E-state index contributed by atoms with van der Waals surface area (Å²) in [7, 11) is 0. The molecule has 0 amide bonds. The molecule has 3 N–H and O–H groups in total. The third-order valence-electron chi connectivity index (χ3n) is 2.74. The Labute approximate surface area is 92.4 Å². The third-order valence-corrected chi connectivity index (χ3v) is 2.74. The minimum absolute atomic E-state index is 0.268. The van der Waals surface area contributed by atoms with Crippen molar-refractivity contribution in [3.05, 3.63) is 41.2 Å². The van der Waals surface area contributed by atoms with E-state index in [1.807, 2.05) is 6.08 Å². The fourth-order valence-corrected chi connectivity index (χ4v) is 1.91. The van der Waals surface area contributed by atoms with Gasteiger partial charge in [0.1, 0.15) is 11.9 Å². The standard InChI is InChI=1S/C12H12FNO2/c13-9-3-4-10-7(5-9)1-2-8(10)6-11(14)12(15)16/h2-5,11H,1,6,14H2,(H,15,16). The van der Waals surface area contributed by atoms with E-state index in [1.54, 1.807) is 6.07 Å². The molecule has 0 aliphatic heterocycles. The fraction of sp³-hybridized carbons (Fsp3) is 0.250. The number of carboxylic acid groups (broad SMARTS) is 1. The van der Waals surface area contributed by atoms with E-state index < -0.39 is 12.0 Å². The van der Waals surface area contributed by atoms with Crippen LogP contribution in [0, 0.1) is 5.82 Å². The van der Waals surface area contributed by atoms with Gasteiger partial charge in [-0.05, 0) is 41.7 Å². The maximum absolute atomic E-state index is 12.9.